The van der Waals surface area contributed by atoms with Crippen molar-refractivity contribution in [3.05, 3.63) is 61.5 Å². The lowest BCUT2D eigenvalue weighted by Gasteiger charge is -2.10. The highest BCUT2D eigenvalue weighted by atomic mass is 79.9. The molecule has 1 amide bonds. The molecule has 0 aliphatic heterocycles. The van der Waals surface area contributed by atoms with Crippen LogP contribution >= 0.6 is 39.1 Å². The van der Waals surface area contributed by atoms with E-state index in [0.29, 0.717) is 31.5 Å². The SMILES string of the molecule is COc1c(Br)cc(Cl)cc1/C=C(\C#N)C(=O)Nc1cccc(Cl)c1C. The van der Waals surface area contributed by atoms with Crippen LogP contribution in [0.2, 0.25) is 10.0 Å². The second-order valence-electron chi connectivity index (χ2n) is 5.05. The summed E-state index contributed by atoms with van der Waals surface area (Å²) in [6, 6.07) is 10.3. The number of carbonyl (C=O) groups is 1. The Morgan fingerprint density at radius 1 is 1.36 bits per heavy atom. The van der Waals surface area contributed by atoms with E-state index in [2.05, 4.69) is 21.2 Å². The van der Waals surface area contributed by atoms with Gasteiger partial charge in [-0.3, -0.25) is 4.79 Å². The van der Waals surface area contributed by atoms with Crippen LogP contribution in [0.4, 0.5) is 5.69 Å². The van der Waals surface area contributed by atoms with Gasteiger partial charge in [-0.05, 0) is 58.8 Å². The van der Waals surface area contributed by atoms with E-state index in [1.165, 1.54) is 13.2 Å². The van der Waals surface area contributed by atoms with Gasteiger partial charge in [0.1, 0.15) is 17.4 Å². The minimum Gasteiger partial charge on any atom is -0.495 e. The fourth-order valence-corrected chi connectivity index (χ4v) is 3.31. The van der Waals surface area contributed by atoms with Crippen molar-refractivity contribution in [3.8, 4) is 11.8 Å². The standard InChI is InChI=1S/C18H13BrCl2N2O2/c1-10-15(21)4-3-5-16(10)23-18(24)12(9-22)6-11-7-13(20)8-14(19)17(11)25-2/h3-8H,1-2H3,(H,23,24)/b12-6+. The first-order valence-corrected chi connectivity index (χ1v) is 8.63. The Morgan fingerprint density at radius 2 is 2.08 bits per heavy atom. The number of nitrogens with zero attached hydrogens (tertiary/aromatic N) is 1. The van der Waals surface area contributed by atoms with Crippen LogP contribution in [0.3, 0.4) is 0 Å². The molecule has 1 N–H and O–H groups in total. The van der Waals surface area contributed by atoms with Crippen molar-refractivity contribution in [2.24, 2.45) is 0 Å². The molecule has 2 rings (SSSR count). The van der Waals surface area contributed by atoms with Gasteiger partial charge in [-0.1, -0.05) is 29.3 Å². The quantitative estimate of drug-likeness (QED) is 0.496. The van der Waals surface area contributed by atoms with Crippen molar-refractivity contribution in [3.63, 3.8) is 0 Å². The molecule has 0 aliphatic carbocycles. The predicted molar refractivity (Wildman–Crippen MR) is 104 cm³/mol. The van der Waals surface area contributed by atoms with E-state index >= 15 is 0 Å². The fraction of sp³-hybridized carbons (Fsp3) is 0.111. The van der Waals surface area contributed by atoms with Gasteiger partial charge in [0.2, 0.25) is 0 Å². The van der Waals surface area contributed by atoms with Gasteiger partial charge in [0, 0.05) is 21.3 Å². The molecule has 128 valence electrons. The molecular weight excluding hydrogens is 427 g/mol. The third-order valence-electron chi connectivity index (χ3n) is 3.42. The first-order valence-electron chi connectivity index (χ1n) is 7.08. The van der Waals surface area contributed by atoms with E-state index in [9.17, 15) is 10.1 Å². The topological polar surface area (TPSA) is 62.1 Å². The Hall–Kier alpha value is -2.00. The van der Waals surface area contributed by atoms with Crippen LogP contribution in [0.1, 0.15) is 11.1 Å². The molecule has 0 radical (unpaired) electrons. The number of halogens is 3. The molecular formula is C18H13BrCl2N2O2. The minimum atomic E-state index is -0.550. The normalized spacial score (nSPS) is 11.0. The Labute approximate surface area is 164 Å². The fourth-order valence-electron chi connectivity index (χ4n) is 2.14. The van der Waals surface area contributed by atoms with Gasteiger partial charge in [-0.2, -0.15) is 5.26 Å². The van der Waals surface area contributed by atoms with Crippen molar-refractivity contribution in [1.29, 1.82) is 5.26 Å². The number of rotatable bonds is 4. The third-order valence-corrected chi connectivity index (χ3v) is 4.64. The van der Waals surface area contributed by atoms with E-state index in [1.807, 2.05) is 6.07 Å². The minimum absolute atomic E-state index is 0.0909. The van der Waals surface area contributed by atoms with Crippen molar-refractivity contribution < 1.29 is 9.53 Å². The van der Waals surface area contributed by atoms with E-state index in [0.717, 1.165) is 5.56 Å². The maximum absolute atomic E-state index is 12.5. The van der Waals surface area contributed by atoms with E-state index in [-0.39, 0.29) is 5.57 Å². The summed E-state index contributed by atoms with van der Waals surface area (Å²) in [5.41, 5.74) is 1.68. The molecule has 0 saturated heterocycles. The highest BCUT2D eigenvalue weighted by molar-refractivity contribution is 9.10. The van der Waals surface area contributed by atoms with Gasteiger partial charge in [0.15, 0.2) is 0 Å². The van der Waals surface area contributed by atoms with E-state index in [1.54, 1.807) is 37.3 Å². The van der Waals surface area contributed by atoms with Crippen LogP contribution in [0.25, 0.3) is 6.08 Å². The molecule has 2 aromatic rings. The zero-order valence-corrected chi connectivity index (χ0v) is 16.5. The van der Waals surface area contributed by atoms with Crippen molar-refractivity contribution >= 4 is 56.8 Å². The lowest BCUT2D eigenvalue weighted by Crippen LogP contribution is -2.14. The Balaban J connectivity index is 2.40. The monoisotopic (exact) mass is 438 g/mol. The maximum atomic E-state index is 12.5. The highest BCUT2D eigenvalue weighted by Crippen LogP contribution is 2.34. The number of hydrogen-bond acceptors (Lipinski definition) is 3. The summed E-state index contributed by atoms with van der Waals surface area (Å²) in [6.45, 7) is 1.78. The van der Waals surface area contributed by atoms with Crippen molar-refractivity contribution in [1.82, 2.24) is 0 Å². The highest BCUT2D eigenvalue weighted by Gasteiger charge is 2.14. The average Bonchev–Trinajstić information content (AvgIpc) is 2.56. The van der Waals surface area contributed by atoms with Crippen LogP contribution in [-0.2, 0) is 4.79 Å². The number of methoxy groups -OCH3 is 1. The van der Waals surface area contributed by atoms with Crippen LogP contribution in [-0.4, -0.2) is 13.0 Å². The summed E-state index contributed by atoms with van der Waals surface area (Å²) < 4.78 is 5.92. The molecule has 0 bridgehead atoms. The molecule has 2 aromatic carbocycles. The number of hydrogen-bond donors (Lipinski definition) is 1. The van der Waals surface area contributed by atoms with Crippen molar-refractivity contribution in [2.75, 3.05) is 12.4 Å². The number of ether oxygens (including phenoxy) is 1. The molecule has 0 heterocycles. The maximum Gasteiger partial charge on any atom is 0.266 e. The van der Waals surface area contributed by atoms with E-state index in [4.69, 9.17) is 27.9 Å². The van der Waals surface area contributed by atoms with Gasteiger partial charge in [-0.25, -0.2) is 0 Å². The molecule has 0 unspecified atom stereocenters. The van der Waals surface area contributed by atoms with Crippen LogP contribution < -0.4 is 10.1 Å². The molecule has 0 fully saturated rings. The van der Waals surface area contributed by atoms with Gasteiger partial charge in [-0.15, -0.1) is 0 Å². The van der Waals surface area contributed by atoms with Gasteiger partial charge in [0.05, 0.1) is 11.6 Å². The van der Waals surface area contributed by atoms with Gasteiger partial charge >= 0.3 is 0 Å². The van der Waals surface area contributed by atoms with Gasteiger partial charge < -0.3 is 10.1 Å². The Morgan fingerprint density at radius 3 is 2.72 bits per heavy atom. The van der Waals surface area contributed by atoms with Gasteiger partial charge in [0.25, 0.3) is 5.91 Å². The average molecular weight is 440 g/mol. The second kappa shape index (κ2) is 8.39. The zero-order chi connectivity index (χ0) is 18.6. The summed E-state index contributed by atoms with van der Waals surface area (Å²) in [5, 5.41) is 13.0. The molecule has 0 aromatic heterocycles. The summed E-state index contributed by atoms with van der Waals surface area (Å²) >= 11 is 15.4. The number of amides is 1. The smallest absolute Gasteiger partial charge is 0.266 e. The predicted octanol–water partition coefficient (Wildman–Crippen LogP) is 5.62. The summed E-state index contributed by atoms with van der Waals surface area (Å²) in [4.78, 5) is 12.5. The number of anilines is 1. The molecule has 4 nitrogen and oxygen atoms in total. The molecule has 7 heteroatoms. The second-order valence-corrected chi connectivity index (χ2v) is 6.74. The number of nitriles is 1. The molecule has 0 atom stereocenters. The lowest BCUT2D eigenvalue weighted by molar-refractivity contribution is -0.112. The largest absolute Gasteiger partial charge is 0.495 e. The third kappa shape index (κ3) is 4.55. The molecule has 0 aliphatic rings. The summed E-state index contributed by atoms with van der Waals surface area (Å²) in [7, 11) is 1.49. The Kier molecular flexibility index (Phi) is 6.49. The number of carbonyl (C=O) groups excluding carboxylic acids is 1. The van der Waals surface area contributed by atoms with Crippen LogP contribution in [0.15, 0.2) is 40.4 Å². The summed E-state index contributed by atoms with van der Waals surface area (Å²) in [6.07, 6.45) is 1.42. The lowest BCUT2D eigenvalue weighted by atomic mass is 10.1. The summed E-state index contributed by atoms with van der Waals surface area (Å²) in [5.74, 6) is -0.0742. The first kappa shape index (κ1) is 19.3. The van der Waals surface area contributed by atoms with Crippen LogP contribution in [0.5, 0.6) is 5.75 Å². The number of nitrogens with one attached hydrogen (secondary N) is 1. The molecule has 0 saturated carbocycles. The van der Waals surface area contributed by atoms with E-state index < -0.39 is 5.91 Å². The van der Waals surface area contributed by atoms with Crippen LogP contribution in [0, 0.1) is 18.3 Å². The molecule has 25 heavy (non-hydrogen) atoms. The number of benzene rings is 2. The van der Waals surface area contributed by atoms with Crippen molar-refractivity contribution in [2.45, 2.75) is 6.92 Å². The first-order chi connectivity index (χ1) is 11.9. The molecule has 0 spiro atoms. The Bertz CT molecular complexity index is 905. The zero-order valence-electron chi connectivity index (χ0n) is 13.4.